The summed E-state index contributed by atoms with van der Waals surface area (Å²) >= 11 is 0. The Balaban J connectivity index is 1.54. The van der Waals surface area contributed by atoms with E-state index in [0.29, 0.717) is 24.8 Å². The van der Waals surface area contributed by atoms with Crippen LogP contribution in [-0.2, 0) is 6.54 Å². The summed E-state index contributed by atoms with van der Waals surface area (Å²) in [7, 11) is 0. The maximum absolute atomic E-state index is 13.4. The Labute approximate surface area is 185 Å². The van der Waals surface area contributed by atoms with Gasteiger partial charge < -0.3 is 19.1 Å². The molecule has 8 nitrogen and oxygen atoms in total. The fraction of sp³-hybridized carbons (Fsp3) is 0.500. The number of amides is 1. The number of hydrogen-bond donors (Lipinski definition) is 1. The molecule has 1 N–H and O–H groups in total. The minimum atomic E-state index is -0.720. The van der Waals surface area contributed by atoms with Gasteiger partial charge in [-0.15, -0.1) is 0 Å². The Bertz CT molecular complexity index is 1250. The van der Waals surface area contributed by atoms with E-state index in [1.807, 2.05) is 33.9 Å². The number of aromatic nitrogens is 4. The van der Waals surface area contributed by atoms with Crippen molar-refractivity contribution in [2.75, 3.05) is 6.54 Å². The summed E-state index contributed by atoms with van der Waals surface area (Å²) in [5, 5.41) is 11.6. The maximum atomic E-state index is 13.4. The number of nitrogens with zero attached hydrogens (tertiary/aromatic N) is 5. The van der Waals surface area contributed by atoms with E-state index in [2.05, 4.69) is 14.5 Å². The largest absolute Gasteiger partial charge is 0.501 e. The van der Waals surface area contributed by atoms with Crippen molar-refractivity contribution in [1.29, 1.82) is 0 Å². The number of aromatic hydroxyl groups is 1. The van der Waals surface area contributed by atoms with Gasteiger partial charge in [0.2, 0.25) is 5.75 Å². The van der Waals surface area contributed by atoms with Crippen molar-refractivity contribution in [3.8, 4) is 5.75 Å². The van der Waals surface area contributed by atoms with Crippen molar-refractivity contribution >= 4 is 16.9 Å². The predicted octanol–water partition coefficient (Wildman–Crippen LogP) is 3.09. The Kier molecular flexibility index (Phi) is 4.55. The first-order valence-electron chi connectivity index (χ1n) is 11.7. The summed E-state index contributed by atoms with van der Waals surface area (Å²) in [6.45, 7) is 1.11. The van der Waals surface area contributed by atoms with Gasteiger partial charge in [0.25, 0.3) is 5.91 Å². The normalized spacial score (nSPS) is 20.5. The van der Waals surface area contributed by atoms with Crippen molar-refractivity contribution < 1.29 is 9.90 Å². The fourth-order valence-corrected chi connectivity index (χ4v) is 5.77. The van der Waals surface area contributed by atoms with E-state index in [9.17, 15) is 14.7 Å². The van der Waals surface area contributed by atoms with Crippen molar-refractivity contribution in [3.63, 3.8) is 0 Å². The molecule has 0 radical (unpaired) electrons. The molecule has 32 heavy (non-hydrogen) atoms. The van der Waals surface area contributed by atoms with E-state index in [1.54, 1.807) is 6.20 Å². The molecule has 1 unspecified atom stereocenters. The summed E-state index contributed by atoms with van der Waals surface area (Å²) in [6, 6.07) is 5.97. The molecule has 2 fully saturated rings. The van der Waals surface area contributed by atoms with Gasteiger partial charge in [-0.25, -0.2) is 4.98 Å². The summed E-state index contributed by atoms with van der Waals surface area (Å²) in [4.78, 5) is 37.0. The van der Waals surface area contributed by atoms with Crippen LogP contribution < -0.4 is 5.56 Å². The Morgan fingerprint density at radius 3 is 2.59 bits per heavy atom. The zero-order valence-corrected chi connectivity index (χ0v) is 18.0. The van der Waals surface area contributed by atoms with Gasteiger partial charge in [0.15, 0.2) is 5.69 Å². The topological polar surface area (TPSA) is 93.2 Å². The number of carbonyl (C=O) groups excluding carboxylic acids is 1. The van der Waals surface area contributed by atoms with Crippen LogP contribution in [0.3, 0.4) is 0 Å². The third kappa shape index (κ3) is 2.88. The lowest BCUT2D eigenvalue weighted by atomic mass is 9.90. The summed E-state index contributed by atoms with van der Waals surface area (Å²) in [5.41, 5.74) is 0.229. The molecule has 166 valence electrons. The summed E-state index contributed by atoms with van der Waals surface area (Å²) in [5.74, 6) is 0.0863. The molecule has 2 aliphatic carbocycles. The number of hydrogen-bond acceptors (Lipinski definition) is 5. The van der Waals surface area contributed by atoms with Crippen LogP contribution in [0.1, 0.15) is 67.3 Å². The van der Waals surface area contributed by atoms with Gasteiger partial charge in [-0.05, 0) is 56.2 Å². The van der Waals surface area contributed by atoms with E-state index in [1.165, 1.54) is 0 Å². The van der Waals surface area contributed by atoms with Crippen molar-refractivity contribution in [2.45, 2.75) is 63.6 Å². The van der Waals surface area contributed by atoms with Crippen molar-refractivity contribution in [1.82, 2.24) is 24.0 Å². The predicted molar refractivity (Wildman–Crippen MR) is 119 cm³/mol. The van der Waals surface area contributed by atoms with Crippen LogP contribution in [0.4, 0.5) is 0 Å². The lowest BCUT2D eigenvalue weighted by Gasteiger charge is -2.41. The standard InChI is InChI=1S/C24H27N5O3/c30-20-19-24(32)27(17-8-3-9-17)13-14-29(19)22(26-23(20)31)18(15-5-1-2-6-15)28-12-10-16-7-4-11-25-21(16)28/h4,7,10-12,15,17-18,30H,1-3,5-6,8-9,13-14H2. The maximum Gasteiger partial charge on any atom is 0.315 e. The molecule has 4 heterocycles. The van der Waals surface area contributed by atoms with Crippen LogP contribution in [0.2, 0.25) is 0 Å². The molecule has 0 aromatic carbocycles. The molecule has 1 aliphatic heterocycles. The highest BCUT2D eigenvalue weighted by atomic mass is 16.3. The van der Waals surface area contributed by atoms with Crippen LogP contribution in [-0.4, -0.2) is 47.6 Å². The molecule has 1 atom stereocenters. The highest BCUT2D eigenvalue weighted by Crippen LogP contribution is 2.40. The number of rotatable bonds is 4. The second kappa shape index (κ2) is 7.46. The van der Waals surface area contributed by atoms with Crippen molar-refractivity contribution in [3.05, 3.63) is 52.5 Å². The van der Waals surface area contributed by atoms with E-state index in [0.717, 1.165) is 56.0 Å². The van der Waals surface area contributed by atoms with Gasteiger partial charge in [0.1, 0.15) is 11.5 Å². The van der Waals surface area contributed by atoms with Crippen molar-refractivity contribution in [2.24, 2.45) is 5.92 Å². The van der Waals surface area contributed by atoms with E-state index >= 15 is 0 Å². The second-order valence-corrected chi connectivity index (χ2v) is 9.34. The molecule has 0 saturated heterocycles. The van der Waals surface area contributed by atoms with Crippen LogP contribution >= 0.6 is 0 Å². The monoisotopic (exact) mass is 433 g/mol. The molecule has 6 rings (SSSR count). The van der Waals surface area contributed by atoms with E-state index in [-0.39, 0.29) is 23.7 Å². The Morgan fingerprint density at radius 2 is 1.84 bits per heavy atom. The number of fused-ring (bicyclic) bond motifs is 2. The smallest absolute Gasteiger partial charge is 0.315 e. The first-order chi connectivity index (χ1) is 15.6. The zero-order valence-electron chi connectivity index (χ0n) is 18.0. The van der Waals surface area contributed by atoms with Gasteiger partial charge >= 0.3 is 5.56 Å². The first kappa shape index (κ1) is 19.5. The lowest BCUT2D eigenvalue weighted by Crippen LogP contribution is -2.51. The fourth-order valence-electron chi connectivity index (χ4n) is 5.77. The highest BCUT2D eigenvalue weighted by Gasteiger charge is 2.39. The zero-order chi connectivity index (χ0) is 21.8. The molecule has 3 aromatic heterocycles. The second-order valence-electron chi connectivity index (χ2n) is 9.34. The summed E-state index contributed by atoms with van der Waals surface area (Å²) < 4.78 is 3.92. The van der Waals surface area contributed by atoms with Crippen LogP contribution in [0.15, 0.2) is 35.4 Å². The Hall–Kier alpha value is -3.16. The Morgan fingerprint density at radius 1 is 1.03 bits per heavy atom. The minimum absolute atomic E-state index is 0.102. The molecule has 0 bridgehead atoms. The van der Waals surface area contributed by atoms with E-state index in [4.69, 9.17) is 0 Å². The third-order valence-electron chi connectivity index (χ3n) is 7.62. The lowest BCUT2D eigenvalue weighted by molar-refractivity contribution is 0.0498. The molecule has 3 aliphatic rings. The molecule has 1 amide bonds. The van der Waals surface area contributed by atoms with Crippen LogP contribution in [0, 0.1) is 5.92 Å². The SMILES string of the molecule is O=C1c2c(O)c(=O)nc(C(C3CCCC3)n3ccc4cccnc43)n2CCN1C1CCC1. The van der Waals surface area contributed by atoms with Gasteiger partial charge in [-0.2, -0.15) is 4.98 Å². The molecular weight excluding hydrogens is 406 g/mol. The van der Waals surface area contributed by atoms with Gasteiger partial charge in [0.05, 0.1) is 6.04 Å². The van der Waals surface area contributed by atoms with Crippen LogP contribution in [0.25, 0.3) is 11.0 Å². The average Bonchev–Trinajstić information content (AvgIpc) is 3.43. The highest BCUT2D eigenvalue weighted by molar-refractivity contribution is 5.96. The minimum Gasteiger partial charge on any atom is -0.501 e. The number of carbonyl (C=O) groups is 1. The van der Waals surface area contributed by atoms with Gasteiger partial charge in [-0.3, -0.25) is 9.59 Å². The average molecular weight is 434 g/mol. The number of pyridine rings is 1. The third-order valence-corrected chi connectivity index (χ3v) is 7.62. The van der Waals surface area contributed by atoms with E-state index < -0.39 is 11.3 Å². The van der Waals surface area contributed by atoms with Gasteiger partial charge in [0, 0.05) is 36.9 Å². The molecule has 3 aromatic rings. The van der Waals surface area contributed by atoms with Gasteiger partial charge in [-0.1, -0.05) is 12.8 Å². The molecule has 0 spiro atoms. The van der Waals surface area contributed by atoms with Crippen LogP contribution in [0.5, 0.6) is 5.75 Å². The molecule has 8 heteroatoms. The quantitative estimate of drug-likeness (QED) is 0.683. The first-order valence-corrected chi connectivity index (χ1v) is 11.7. The summed E-state index contributed by atoms with van der Waals surface area (Å²) in [6.07, 6.45) is 11.2. The molecule has 2 saturated carbocycles. The molecular formula is C24H27N5O3.